The summed E-state index contributed by atoms with van der Waals surface area (Å²) in [5.74, 6) is -2.17. The van der Waals surface area contributed by atoms with E-state index in [9.17, 15) is 14.4 Å². The van der Waals surface area contributed by atoms with Crippen molar-refractivity contribution >= 4 is 17.8 Å². The summed E-state index contributed by atoms with van der Waals surface area (Å²) >= 11 is 0. The first-order chi connectivity index (χ1) is 8.99. The van der Waals surface area contributed by atoms with Crippen molar-refractivity contribution in [3.8, 4) is 0 Å². The number of nitrogens with one attached hydrogen (secondary N) is 1. The fraction of sp³-hybridized carbons (Fsp3) is 0.308. The Hall–Kier alpha value is -1.37. The minimum atomic E-state index is -1.18. The molecule has 0 aliphatic heterocycles. The standard InChI is InChI=1S/C13H16N2O4.Na.H/c14-11(16)7-6-10(13(18)19)15-12(17)8-9-4-2-1-3-5-9;;/h1-5,10H,6-8H2,(H2,14,16)(H,15,17)(H,18,19);;/q;+1;-1. The van der Waals surface area contributed by atoms with Crippen molar-refractivity contribution in [1.82, 2.24) is 5.32 Å². The van der Waals surface area contributed by atoms with Crippen molar-refractivity contribution in [2.75, 3.05) is 0 Å². The average Bonchev–Trinajstić information content (AvgIpc) is 2.35. The third-order valence-electron chi connectivity index (χ3n) is 2.52. The Morgan fingerprint density at radius 1 is 1.25 bits per heavy atom. The number of amides is 2. The van der Waals surface area contributed by atoms with E-state index >= 15 is 0 Å². The summed E-state index contributed by atoms with van der Waals surface area (Å²) in [6.45, 7) is 0. The van der Waals surface area contributed by atoms with E-state index in [1.807, 2.05) is 6.07 Å². The van der Waals surface area contributed by atoms with Gasteiger partial charge < -0.3 is 17.6 Å². The quantitative estimate of drug-likeness (QED) is 0.470. The molecule has 0 radical (unpaired) electrons. The molecule has 6 nitrogen and oxygen atoms in total. The molecule has 0 bridgehead atoms. The smallest absolute Gasteiger partial charge is 1.00 e. The van der Waals surface area contributed by atoms with Crippen LogP contribution in [0, 0.1) is 0 Å². The third-order valence-corrected chi connectivity index (χ3v) is 2.52. The molecule has 7 heteroatoms. The van der Waals surface area contributed by atoms with Crippen molar-refractivity contribution in [2.45, 2.75) is 25.3 Å². The fourth-order valence-electron chi connectivity index (χ4n) is 1.57. The van der Waals surface area contributed by atoms with Gasteiger partial charge in [0, 0.05) is 6.42 Å². The van der Waals surface area contributed by atoms with E-state index in [0.29, 0.717) is 0 Å². The summed E-state index contributed by atoms with van der Waals surface area (Å²) < 4.78 is 0. The number of carbonyl (C=O) groups is 3. The van der Waals surface area contributed by atoms with E-state index in [-0.39, 0.29) is 50.2 Å². The van der Waals surface area contributed by atoms with Gasteiger partial charge in [0.25, 0.3) is 0 Å². The van der Waals surface area contributed by atoms with Crippen molar-refractivity contribution in [1.29, 1.82) is 0 Å². The van der Waals surface area contributed by atoms with Gasteiger partial charge in [-0.2, -0.15) is 0 Å². The van der Waals surface area contributed by atoms with E-state index in [1.165, 1.54) is 0 Å². The van der Waals surface area contributed by atoms with E-state index in [1.54, 1.807) is 24.3 Å². The van der Waals surface area contributed by atoms with Gasteiger partial charge in [-0.1, -0.05) is 30.3 Å². The molecule has 0 spiro atoms. The van der Waals surface area contributed by atoms with Gasteiger partial charge in [0.15, 0.2) is 0 Å². The molecule has 1 aromatic carbocycles. The normalized spacial score (nSPS) is 11.0. The molecule has 0 saturated heterocycles. The van der Waals surface area contributed by atoms with Crippen molar-refractivity contribution in [3.05, 3.63) is 35.9 Å². The number of rotatable bonds is 7. The van der Waals surface area contributed by atoms with Crippen molar-refractivity contribution in [3.63, 3.8) is 0 Å². The van der Waals surface area contributed by atoms with Crippen molar-refractivity contribution < 1.29 is 50.5 Å². The van der Waals surface area contributed by atoms with Gasteiger partial charge >= 0.3 is 35.5 Å². The molecule has 104 valence electrons. The number of carboxylic acids is 1. The van der Waals surface area contributed by atoms with E-state index in [2.05, 4.69) is 5.32 Å². The number of carboxylic acid groups (broad SMARTS) is 1. The summed E-state index contributed by atoms with van der Waals surface area (Å²) in [6, 6.07) is 7.88. The minimum Gasteiger partial charge on any atom is -1.00 e. The van der Waals surface area contributed by atoms with Crippen LogP contribution in [0.25, 0.3) is 0 Å². The molecule has 4 N–H and O–H groups in total. The second-order valence-electron chi connectivity index (χ2n) is 4.13. The minimum absolute atomic E-state index is 0. The Kier molecular flexibility index (Phi) is 8.87. The topological polar surface area (TPSA) is 109 Å². The predicted octanol–water partition coefficient (Wildman–Crippen LogP) is -2.82. The molecular weight excluding hydrogens is 271 g/mol. The van der Waals surface area contributed by atoms with Crippen LogP contribution in [-0.2, 0) is 20.8 Å². The average molecular weight is 288 g/mol. The molecule has 0 heterocycles. The monoisotopic (exact) mass is 288 g/mol. The SMILES string of the molecule is NC(=O)CCC(NC(=O)Cc1ccccc1)C(=O)O.[H-].[Na+]. The van der Waals surface area contributed by atoms with Crippen LogP contribution >= 0.6 is 0 Å². The molecule has 1 unspecified atom stereocenters. The Morgan fingerprint density at radius 3 is 2.35 bits per heavy atom. The molecule has 0 aliphatic rings. The molecule has 20 heavy (non-hydrogen) atoms. The van der Waals surface area contributed by atoms with Gasteiger partial charge in [-0.3, -0.25) is 9.59 Å². The number of primary amides is 1. The molecular formula is C13H17N2NaO4. The number of nitrogens with two attached hydrogens (primary N) is 1. The van der Waals surface area contributed by atoms with Gasteiger partial charge in [-0.05, 0) is 12.0 Å². The first-order valence-electron chi connectivity index (χ1n) is 5.83. The van der Waals surface area contributed by atoms with Crippen LogP contribution in [-0.4, -0.2) is 28.9 Å². The first-order valence-corrected chi connectivity index (χ1v) is 5.83. The molecule has 0 fully saturated rings. The summed E-state index contributed by atoms with van der Waals surface area (Å²) in [5, 5.41) is 11.3. The van der Waals surface area contributed by atoms with Crippen LogP contribution < -0.4 is 40.6 Å². The maximum atomic E-state index is 11.7. The fourth-order valence-corrected chi connectivity index (χ4v) is 1.57. The summed E-state index contributed by atoms with van der Waals surface area (Å²) in [7, 11) is 0. The number of carbonyl (C=O) groups excluding carboxylic acids is 2. The van der Waals surface area contributed by atoms with Crippen LogP contribution in [0.5, 0.6) is 0 Å². The Labute approximate surface area is 140 Å². The zero-order valence-electron chi connectivity index (χ0n) is 12.3. The van der Waals surface area contributed by atoms with Crippen LogP contribution in [0.3, 0.4) is 0 Å². The third kappa shape index (κ3) is 7.28. The van der Waals surface area contributed by atoms with Gasteiger partial charge in [-0.25, -0.2) is 4.79 Å². The Balaban J connectivity index is 0. The summed E-state index contributed by atoms with van der Waals surface area (Å²) in [4.78, 5) is 33.2. The summed E-state index contributed by atoms with van der Waals surface area (Å²) in [6.07, 6.45) is 0.00890. The molecule has 0 saturated carbocycles. The first kappa shape index (κ1) is 18.6. The molecule has 2 amide bonds. The number of benzene rings is 1. The van der Waals surface area contributed by atoms with E-state index in [4.69, 9.17) is 10.8 Å². The zero-order valence-corrected chi connectivity index (χ0v) is 13.3. The molecule has 1 rings (SSSR count). The second kappa shape index (κ2) is 9.52. The zero-order chi connectivity index (χ0) is 14.3. The van der Waals surface area contributed by atoms with Crippen LogP contribution in [0.2, 0.25) is 0 Å². The van der Waals surface area contributed by atoms with E-state index < -0.39 is 23.8 Å². The molecule has 1 atom stereocenters. The Morgan fingerprint density at radius 2 is 1.85 bits per heavy atom. The van der Waals surface area contributed by atoms with Crippen LogP contribution in [0.15, 0.2) is 30.3 Å². The number of hydrogen-bond acceptors (Lipinski definition) is 3. The number of aliphatic carboxylic acids is 1. The van der Waals surface area contributed by atoms with Crippen LogP contribution in [0.1, 0.15) is 19.8 Å². The predicted molar refractivity (Wildman–Crippen MR) is 69.3 cm³/mol. The maximum absolute atomic E-state index is 11.7. The van der Waals surface area contributed by atoms with Gasteiger partial charge in [0.1, 0.15) is 6.04 Å². The molecule has 1 aromatic rings. The maximum Gasteiger partial charge on any atom is 1.00 e. The van der Waals surface area contributed by atoms with Gasteiger partial charge in [0.2, 0.25) is 11.8 Å². The second-order valence-corrected chi connectivity index (χ2v) is 4.13. The molecule has 0 aromatic heterocycles. The van der Waals surface area contributed by atoms with Gasteiger partial charge in [-0.15, -0.1) is 0 Å². The molecule has 0 aliphatic carbocycles. The van der Waals surface area contributed by atoms with E-state index in [0.717, 1.165) is 5.56 Å². The van der Waals surface area contributed by atoms with Gasteiger partial charge in [0.05, 0.1) is 6.42 Å². The van der Waals surface area contributed by atoms with Crippen LogP contribution in [0.4, 0.5) is 0 Å². The largest absolute Gasteiger partial charge is 1.00 e. The van der Waals surface area contributed by atoms with Crippen molar-refractivity contribution in [2.24, 2.45) is 5.73 Å². The summed E-state index contributed by atoms with van der Waals surface area (Å²) in [5.41, 5.74) is 5.74. The number of hydrogen-bond donors (Lipinski definition) is 3. The Bertz CT molecular complexity index is 470.